The van der Waals surface area contributed by atoms with E-state index in [2.05, 4.69) is 15.9 Å². The molecule has 2 rings (SSSR count). The molecule has 0 aliphatic rings. The number of ketones is 1. The summed E-state index contributed by atoms with van der Waals surface area (Å²) in [6.07, 6.45) is 0.438. The molecule has 0 saturated carbocycles. The molecule has 0 aliphatic heterocycles. The standard InChI is InChI=1S/C18H16BrF3OS/c1-2-13(12-8-4-3-5-9-12)17(24-18(20,21)22)16(23)14-10-6-7-11-15(14)19/h3-11,13,17H,2H2,1H3/t13-,17+/m1/s1. The van der Waals surface area contributed by atoms with Crippen LogP contribution in [0, 0.1) is 0 Å². The van der Waals surface area contributed by atoms with Crippen LogP contribution in [0.2, 0.25) is 0 Å². The van der Waals surface area contributed by atoms with Crippen molar-refractivity contribution in [1.82, 2.24) is 0 Å². The molecular formula is C18H16BrF3OS. The van der Waals surface area contributed by atoms with Crippen molar-refractivity contribution in [2.45, 2.75) is 30.0 Å². The van der Waals surface area contributed by atoms with Crippen LogP contribution in [0.25, 0.3) is 0 Å². The fourth-order valence-corrected chi connectivity index (χ4v) is 4.12. The second-order valence-electron chi connectivity index (χ2n) is 5.25. The largest absolute Gasteiger partial charge is 0.442 e. The van der Waals surface area contributed by atoms with E-state index in [1.807, 2.05) is 0 Å². The smallest absolute Gasteiger partial charge is 0.293 e. The van der Waals surface area contributed by atoms with Crippen LogP contribution < -0.4 is 0 Å². The number of carbonyl (C=O) groups excluding carboxylic acids is 1. The van der Waals surface area contributed by atoms with Crippen LogP contribution >= 0.6 is 27.7 Å². The maximum absolute atomic E-state index is 13.1. The summed E-state index contributed by atoms with van der Waals surface area (Å²) >= 11 is 3.03. The first-order chi connectivity index (χ1) is 11.3. The first-order valence-electron chi connectivity index (χ1n) is 7.41. The van der Waals surface area contributed by atoms with Gasteiger partial charge in [-0.3, -0.25) is 4.79 Å². The van der Waals surface area contributed by atoms with Gasteiger partial charge in [0.2, 0.25) is 0 Å². The van der Waals surface area contributed by atoms with Crippen LogP contribution in [0.5, 0.6) is 0 Å². The molecular weight excluding hydrogens is 401 g/mol. The average Bonchev–Trinajstić information content (AvgIpc) is 2.54. The molecule has 6 heteroatoms. The lowest BCUT2D eigenvalue weighted by Crippen LogP contribution is -2.29. The summed E-state index contributed by atoms with van der Waals surface area (Å²) in [5.74, 6) is -1.03. The maximum Gasteiger partial charge on any atom is 0.442 e. The molecule has 0 unspecified atom stereocenters. The molecule has 0 fully saturated rings. The van der Waals surface area contributed by atoms with Crippen molar-refractivity contribution in [1.29, 1.82) is 0 Å². The number of hydrogen-bond acceptors (Lipinski definition) is 2. The minimum absolute atomic E-state index is 0.229. The summed E-state index contributed by atoms with van der Waals surface area (Å²) < 4.78 is 39.8. The Morgan fingerprint density at radius 1 is 1.08 bits per heavy atom. The zero-order valence-electron chi connectivity index (χ0n) is 12.9. The van der Waals surface area contributed by atoms with E-state index >= 15 is 0 Å². The molecule has 0 bridgehead atoms. The van der Waals surface area contributed by atoms with Gasteiger partial charge >= 0.3 is 5.51 Å². The van der Waals surface area contributed by atoms with E-state index in [4.69, 9.17) is 0 Å². The Labute approximate surface area is 151 Å². The van der Waals surface area contributed by atoms with Gasteiger partial charge < -0.3 is 0 Å². The van der Waals surface area contributed by atoms with Gasteiger partial charge in [0.05, 0.1) is 5.25 Å². The highest BCUT2D eigenvalue weighted by atomic mass is 79.9. The van der Waals surface area contributed by atoms with Crippen LogP contribution in [0.1, 0.15) is 35.2 Å². The van der Waals surface area contributed by atoms with Gasteiger partial charge in [-0.05, 0) is 29.8 Å². The molecule has 0 N–H and O–H groups in total. The quantitative estimate of drug-likeness (QED) is 0.503. The van der Waals surface area contributed by atoms with E-state index in [9.17, 15) is 18.0 Å². The predicted octanol–water partition coefficient (Wildman–Crippen LogP) is 6.45. The van der Waals surface area contributed by atoms with Gasteiger partial charge in [-0.15, -0.1) is 0 Å². The maximum atomic E-state index is 13.1. The zero-order valence-corrected chi connectivity index (χ0v) is 15.3. The molecule has 1 nitrogen and oxygen atoms in total. The normalized spacial score (nSPS) is 14.2. The fourth-order valence-electron chi connectivity index (χ4n) is 2.60. The van der Waals surface area contributed by atoms with Crippen LogP contribution in [0.4, 0.5) is 13.2 Å². The molecule has 0 aliphatic carbocycles. The van der Waals surface area contributed by atoms with Gasteiger partial charge in [-0.1, -0.05) is 71.4 Å². The summed E-state index contributed by atoms with van der Waals surface area (Å²) in [5.41, 5.74) is -3.47. The number of thioether (sulfide) groups is 1. The minimum atomic E-state index is -4.48. The lowest BCUT2D eigenvalue weighted by atomic mass is 9.89. The molecule has 0 aromatic heterocycles. The van der Waals surface area contributed by atoms with Gasteiger partial charge in [-0.2, -0.15) is 13.2 Å². The minimum Gasteiger partial charge on any atom is -0.293 e. The predicted molar refractivity (Wildman–Crippen MR) is 95.4 cm³/mol. The summed E-state index contributed by atoms with van der Waals surface area (Å²) in [7, 11) is 0. The number of hydrogen-bond donors (Lipinski definition) is 0. The van der Waals surface area contributed by atoms with Crippen LogP contribution in [-0.2, 0) is 0 Å². The number of alkyl halides is 3. The van der Waals surface area contributed by atoms with Gasteiger partial charge in [0, 0.05) is 16.0 Å². The molecule has 2 atom stereocenters. The highest BCUT2D eigenvalue weighted by Crippen LogP contribution is 2.43. The van der Waals surface area contributed by atoms with Gasteiger partial charge in [0.1, 0.15) is 0 Å². The van der Waals surface area contributed by atoms with E-state index in [1.165, 1.54) is 0 Å². The lowest BCUT2D eigenvalue weighted by molar-refractivity contribution is -0.0334. The number of benzene rings is 2. The van der Waals surface area contributed by atoms with E-state index in [1.54, 1.807) is 61.5 Å². The van der Waals surface area contributed by atoms with Crippen molar-refractivity contribution in [3.8, 4) is 0 Å². The van der Waals surface area contributed by atoms with Crippen molar-refractivity contribution in [2.24, 2.45) is 0 Å². The monoisotopic (exact) mass is 416 g/mol. The molecule has 0 spiro atoms. The lowest BCUT2D eigenvalue weighted by Gasteiger charge is -2.26. The van der Waals surface area contributed by atoms with E-state index in [-0.39, 0.29) is 17.3 Å². The van der Waals surface area contributed by atoms with E-state index < -0.39 is 22.5 Å². The topological polar surface area (TPSA) is 17.1 Å². The van der Waals surface area contributed by atoms with Crippen molar-refractivity contribution in [3.63, 3.8) is 0 Å². The Morgan fingerprint density at radius 3 is 2.21 bits per heavy atom. The molecule has 0 amide bonds. The van der Waals surface area contributed by atoms with E-state index in [0.29, 0.717) is 10.9 Å². The third kappa shape index (κ3) is 4.86. The molecule has 0 radical (unpaired) electrons. The van der Waals surface area contributed by atoms with Crippen molar-refractivity contribution in [3.05, 3.63) is 70.2 Å². The number of Topliss-reactive ketones (excluding diaryl/α,β-unsaturated/α-hetero) is 1. The van der Waals surface area contributed by atoms with Gasteiger partial charge in [0.25, 0.3) is 0 Å². The van der Waals surface area contributed by atoms with Crippen molar-refractivity contribution in [2.75, 3.05) is 0 Å². The molecule has 2 aromatic carbocycles. The zero-order chi connectivity index (χ0) is 17.7. The first kappa shape index (κ1) is 19.1. The Hall–Kier alpha value is -1.27. The summed E-state index contributed by atoms with van der Waals surface area (Å²) in [4.78, 5) is 12.9. The molecule has 0 saturated heterocycles. The van der Waals surface area contributed by atoms with Crippen molar-refractivity contribution < 1.29 is 18.0 Å². The third-order valence-electron chi connectivity index (χ3n) is 3.69. The van der Waals surface area contributed by atoms with Crippen LogP contribution in [0.15, 0.2) is 59.1 Å². The molecule has 128 valence electrons. The summed E-state index contributed by atoms with van der Waals surface area (Å²) in [6.45, 7) is 1.80. The second-order valence-corrected chi connectivity index (χ2v) is 7.31. The number of carbonyl (C=O) groups is 1. The molecule has 24 heavy (non-hydrogen) atoms. The Balaban J connectivity index is 2.44. The van der Waals surface area contributed by atoms with Gasteiger partial charge in [0.15, 0.2) is 5.78 Å². The molecule has 2 aromatic rings. The second kappa shape index (κ2) is 8.21. The molecule has 0 heterocycles. The highest BCUT2D eigenvalue weighted by molar-refractivity contribution is 9.10. The number of halogens is 4. The first-order valence-corrected chi connectivity index (χ1v) is 9.09. The SMILES string of the molecule is CC[C@H](c1ccccc1)[C@H](SC(F)(F)F)C(=O)c1ccccc1Br. The van der Waals surface area contributed by atoms with Gasteiger partial charge in [-0.25, -0.2) is 0 Å². The Kier molecular flexibility index (Phi) is 6.52. The third-order valence-corrected chi connectivity index (χ3v) is 5.45. The van der Waals surface area contributed by atoms with Crippen LogP contribution in [-0.4, -0.2) is 16.5 Å². The summed E-state index contributed by atoms with van der Waals surface area (Å²) in [5, 5.41) is -1.23. The number of rotatable bonds is 6. The van der Waals surface area contributed by atoms with Crippen LogP contribution in [0.3, 0.4) is 0 Å². The van der Waals surface area contributed by atoms with Crippen molar-refractivity contribution >= 4 is 33.5 Å². The summed E-state index contributed by atoms with van der Waals surface area (Å²) in [6, 6.07) is 15.5. The van der Waals surface area contributed by atoms with E-state index in [0.717, 1.165) is 5.56 Å². The average molecular weight is 417 g/mol. The Morgan fingerprint density at radius 2 is 1.67 bits per heavy atom. The highest BCUT2D eigenvalue weighted by Gasteiger charge is 2.41. The fraction of sp³-hybridized carbons (Fsp3) is 0.278. The Bertz CT molecular complexity index is 688.